The van der Waals surface area contributed by atoms with E-state index in [0.717, 1.165) is 22.7 Å². The van der Waals surface area contributed by atoms with Gasteiger partial charge in [-0.25, -0.2) is 19.0 Å². The second-order valence-electron chi connectivity index (χ2n) is 7.11. The fraction of sp³-hybridized carbons (Fsp3) is 0.100. The van der Waals surface area contributed by atoms with Gasteiger partial charge in [0.1, 0.15) is 5.82 Å². The van der Waals surface area contributed by atoms with Crippen LogP contribution in [0.4, 0.5) is 23.2 Å². The standard InChI is InChI=1S/C20H13F4N9O/c1-11-8-12(9-26-17(11)33-27-4-5-28-33)30-19(34)13-10-29-32(16(13)20(22,23)24)15-3-2-14(21)18-25-6-7-31(15)18/h2-10H,1H3,(H,30,34). The summed E-state index contributed by atoms with van der Waals surface area (Å²) in [5, 5.41) is 14.1. The number of nitrogens with one attached hydrogen (secondary N) is 1. The highest BCUT2D eigenvalue weighted by Crippen LogP contribution is 2.34. The molecule has 0 spiro atoms. The fourth-order valence-electron chi connectivity index (χ4n) is 3.47. The Hall–Kier alpha value is -4.62. The van der Waals surface area contributed by atoms with E-state index >= 15 is 0 Å². The first kappa shape index (κ1) is 21.2. The van der Waals surface area contributed by atoms with Crippen molar-refractivity contribution < 1.29 is 22.4 Å². The Labute approximate surface area is 187 Å². The summed E-state index contributed by atoms with van der Waals surface area (Å²) in [7, 11) is 0. The molecular weight excluding hydrogens is 458 g/mol. The van der Waals surface area contributed by atoms with Gasteiger partial charge < -0.3 is 5.32 Å². The highest BCUT2D eigenvalue weighted by Gasteiger charge is 2.41. The van der Waals surface area contributed by atoms with Crippen molar-refractivity contribution >= 4 is 17.2 Å². The van der Waals surface area contributed by atoms with Gasteiger partial charge in [-0.15, -0.1) is 4.80 Å². The van der Waals surface area contributed by atoms with Gasteiger partial charge in [0.25, 0.3) is 5.91 Å². The lowest BCUT2D eigenvalue weighted by molar-refractivity contribution is -0.143. The van der Waals surface area contributed by atoms with E-state index in [1.165, 1.54) is 41.8 Å². The number of anilines is 1. The number of carbonyl (C=O) groups is 1. The molecule has 0 fully saturated rings. The second kappa shape index (κ2) is 7.75. The average molecular weight is 471 g/mol. The Morgan fingerprint density at radius 1 is 1.03 bits per heavy atom. The Bertz CT molecular complexity index is 1520. The summed E-state index contributed by atoms with van der Waals surface area (Å²) in [6.45, 7) is 1.69. The van der Waals surface area contributed by atoms with Crippen LogP contribution in [0.2, 0.25) is 0 Å². The quantitative estimate of drug-likeness (QED) is 0.404. The molecular formula is C20H13F4N9O. The number of aromatic nitrogens is 8. The zero-order valence-corrected chi connectivity index (χ0v) is 17.2. The molecule has 10 nitrogen and oxygen atoms in total. The smallest absolute Gasteiger partial charge is 0.320 e. The number of hydrogen-bond donors (Lipinski definition) is 1. The molecule has 5 aromatic rings. The molecule has 5 aromatic heterocycles. The van der Waals surface area contributed by atoms with Gasteiger partial charge in [0.15, 0.2) is 23.0 Å². The molecule has 0 aliphatic heterocycles. The average Bonchev–Trinajstić information content (AvgIpc) is 3.54. The third-order valence-corrected chi connectivity index (χ3v) is 4.90. The van der Waals surface area contributed by atoms with E-state index in [1.807, 2.05) is 0 Å². The summed E-state index contributed by atoms with van der Waals surface area (Å²) < 4.78 is 57.7. The minimum absolute atomic E-state index is 0.145. The topological polar surface area (TPSA) is 108 Å². The largest absolute Gasteiger partial charge is 0.434 e. The maximum absolute atomic E-state index is 14.0. The summed E-state index contributed by atoms with van der Waals surface area (Å²) in [6, 6.07) is 3.61. The highest BCUT2D eigenvalue weighted by molar-refractivity contribution is 6.05. The zero-order valence-electron chi connectivity index (χ0n) is 17.2. The van der Waals surface area contributed by atoms with Crippen LogP contribution >= 0.6 is 0 Å². The van der Waals surface area contributed by atoms with E-state index < -0.39 is 29.2 Å². The molecule has 0 aliphatic carbocycles. The van der Waals surface area contributed by atoms with Gasteiger partial charge in [-0.1, -0.05) is 0 Å². The number of halogens is 4. The Kier molecular flexibility index (Phi) is 4.84. The van der Waals surface area contributed by atoms with E-state index in [2.05, 4.69) is 30.6 Å². The highest BCUT2D eigenvalue weighted by atomic mass is 19.4. The molecule has 0 bridgehead atoms. The number of pyridine rings is 2. The van der Waals surface area contributed by atoms with Gasteiger partial charge in [-0.05, 0) is 30.7 Å². The van der Waals surface area contributed by atoms with Crippen molar-refractivity contribution in [2.75, 3.05) is 5.32 Å². The van der Waals surface area contributed by atoms with Crippen LogP contribution in [0.25, 0.3) is 17.3 Å². The Morgan fingerprint density at radius 2 is 1.79 bits per heavy atom. The minimum Gasteiger partial charge on any atom is -0.320 e. The molecule has 14 heteroatoms. The lowest BCUT2D eigenvalue weighted by Gasteiger charge is -2.14. The van der Waals surface area contributed by atoms with Crippen LogP contribution in [0.3, 0.4) is 0 Å². The molecule has 172 valence electrons. The van der Waals surface area contributed by atoms with Crippen molar-refractivity contribution in [3.05, 3.63) is 78.0 Å². The summed E-state index contributed by atoms with van der Waals surface area (Å²) >= 11 is 0. The van der Waals surface area contributed by atoms with E-state index in [0.29, 0.717) is 16.1 Å². The lowest BCUT2D eigenvalue weighted by atomic mass is 10.2. The number of fused-ring (bicyclic) bond motifs is 1. The third kappa shape index (κ3) is 3.54. The molecule has 1 N–H and O–H groups in total. The summed E-state index contributed by atoms with van der Waals surface area (Å²) in [5.74, 6) is -1.51. The summed E-state index contributed by atoms with van der Waals surface area (Å²) in [6.07, 6.45) is 2.58. The van der Waals surface area contributed by atoms with Crippen molar-refractivity contribution in [3.63, 3.8) is 0 Å². The number of hydrogen-bond acceptors (Lipinski definition) is 6. The number of nitrogens with zero attached hydrogens (tertiary/aromatic N) is 8. The molecule has 0 aliphatic rings. The van der Waals surface area contributed by atoms with Crippen molar-refractivity contribution in [1.82, 2.24) is 39.1 Å². The van der Waals surface area contributed by atoms with Crippen molar-refractivity contribution in [2.45, 2.75) is 13.1 Å². The molecule has 5 rings (SSSR count). The maximum atomic E-state index is 14.0. The number of imidazole rings is 1. The van der Waals surface area contributed by atoms with Crippen LogP contribution < -0.4 is 5.32 Å². The number of rotatable bonds is 4. The van der Waals surface area contributed by atoms with Gasteiger partial charge in [-0.2, -0.15) is 28.5 Å². The molecule has 1 amide bonds. The monoisotopic (exact) mass is 471 g/mol. The number of amides is 1. The van der Waals surface area contributed by atoms with Gasteiger partial charge in [-0.3, -0.25) is 9.20 Å². The molecule has 34 heavy (non-hydrogen) atoms. The van der Waals surface area contributed by atoms with Gasteiger partial charge in [0, 0.05) is 12.4 Å². The maximum Gasteiger partial charge on any atom is 0.434 e. The van der Waals surface area contributed by atoms with Crippen molar-refractivity contribution in [3.8, 4) is 11.6 Å². The van der Waals surface area contributed by atoms with Crippen LogP contribution in [-0.2, 0) is 6.18 Å². The van der Waals surface area contributed by atoms with E-state index in [4.69, 9.17) is 0 Å². The molecule has 5 heterocycles. The van der Waals surface area contributed by atoms with Gasteiger partial charge in [0.2, 0.25) is 0 Å². The van der Waals surface area contributed by atoms with Crippen LogP contribution in [0.1, 0.15) is 21.6 Å². The number of carbonyl (C=O) groups excluding carboxylic acids is 1. The normalized spacial score (nSPS) is 11.8. The first-order chi connectivity index (χ1) is 16.2. The third-order valence-electron chi connectivity index (χ3n) is 4.90. The summed E-state index contributed by atoms with van der Waals surface area (Å²) in [5.41, 5.74) is -1.48. The Morgan fingerprint density at radius 3 is 2.50 bits per heavy atom. The predicted octanol–water partition coefficient (Wildman–Crippen LogP) is 3.21. The van der Waals surface area contributed by atoms with Gasteiger partial charge >= 0.3 is 6.18 Å². The lowest BCUT2D eigenvalue weighted by Crippen LogP contribution is -2.21. The molecule has 0 saturated carbocycles. The van der Waals surface area contributed by atoms with Crippen molar-refractivity contribution in [2.24, 2.45) is 0 Å². The Balaban J connectivity index is 1.53. The van der Waals surface area contributed by atoms with E-state index in [9.17, 15) is 22.4 Å². The molecule has 0 aromatic carbocycles. The zero-order chi connectivity index (χ0) is 24.0. The molecule has 0 unspecified atom stereocenters. The van der Waals surface area contributed by atoms with Crippen molar-refractivity contribution in [1.29, 1.82) is 0 Å². The first-order valence-electron chi connectivity index (χ1n) is 9.66. The minimum atomic E-state index is -4.95. The summed E-state index contributed by atoms with van der Waals surface area (Å²) in [4.78, 5) is 22.0. The number of aryl methyl sites for hydroxylation is 1. The van der Waals surface area contributed by atoms with Crippen LogP contribution in [0.5, 0.6) is 0 Å². The molecule has 0 atom stereocenters. The molecule has 0 radical (unpaired) electrons. The second-order valence-corrected chi connectivity index (χ2v) is 7.11. The SMILES string of the molecule is Cc1cc(NC(=O)c2cnn(-c3ccc(F)c4nccn34)c2C(F)(F)F)cnc1-n1nccn1. The van der Waals surface area contributed by atoms with Crippen LogP contribution in [0.15, 0.2) is 55.4 Å². The fourth-order valence-corrected chi connectivity index (χ4v) is 3.47. The van der Waals surface area contributed by atoms with Crippen LogP contribution in [0, 0.1) is 12.7 Å². The van der Waals surface area contributed by atoms with Crippen LogP contribution in [-0.4, -0.2) is 45.1 Å². The predicted molar refractivity (Wildman–Crippen MR) is 109 cm³/mol. The molecule has 0 saturated heterocycles. The van der Waals surface area contributed by atoms with Gasteiger partial charge in [0.05, 0.1) is 36.0 Å². The number of alkyl halides is 3. The van der Waals surface area contributed by atoms with E-state index in [1.54, 1.807) is 6.92 Å². The van der Waals surface area contributed by atoms with E-state index in [-0.39, 0.29) is 17.2 Å². The first-order valence-corrected chi connectivity index (χ1v) is 9.66.